The Labute approximate surface area is 169 Å². The molecule has 4 heteroatoms. The van der Waals surface area contributed by atoms with Gasteiger partial charge < -0.3 is 0 Å². The molecule has 2 aromatic carbocycles. The minimum absolute atomic E-state index is 0.579. The molecule has 0 N–H and O–H groups in total. The average Bonchev–Trinajstić information content (AvgIpc) is 3.37. The molecule has 2 aromatic heterocycles. The summed E-state index contributed by atoms with van der Waals surface area (Å²) in [6, 6.07) is 17.2. The van der Waals surface area contributed by atoms with Gasteiger partial charge in [0.1, 0.15) is 0 Å². The Balaban J connectivity index is 1.62. The van der Waals surface area contributed by atoms with E-state index in [9.17, 15) is 0 Å². The second-order valence-corrected chi connectivity index (χ2v) is 8.84. The fourth-order valence-electron chi connectivity index (χ4n) is 3.96. The van der Waals surface area contributed by atoms with Crippen molar-refractivity contribution in [3.63, 3.8) is 0 Å². The van der Waals surface area contributed by atoms with Gasteiger partial charge in [-0.15, -0.1) is 11.3 Å². The second kappa shape index (κ2) is 6.71. The third-order valence-electron chi connectivity index (χ3n) is 5.33. The van der Waals surface area contributed by atoms with Gasteiger partial charge in [0.15, 0.2) is 0 Å². The van der Waals surface area contributed by atoms with Crippen LogP contribution in [0.4, 0.5) is 0 Å². The van der Waals surface area contributed by atoms with Crippen molar-refractivity contribution in [2.75, 3.05) is 0 Å². The van der Waals surface area contributed by atoms with E-state index in [1.807, 2.05) is 0 Å². The van der Waals surface area contributed by atoms with Crippen molar-refractivity contribution >= 4 is 11.3 Å². The Bertz CT molecular complexity index is 1150. The summed E-state index contributed by atoms with van der Waals surface area (Å²) in [5.74, 6) is 0.579. The zero-order valence-electron chi connectivity index (χ0n) is 16.4. The number of thiazole rings is 1. The van der Waals surface area contributed by atoms with E-state index in [1.54, 1.807) is 11.3 Å². The van der Waals surface area contributed by atoms with E-state index in [1.165, 1.54) is 33.6 Å². The van der Waals surface area contributed by atoms with Crippen molar-refractivity contribution in [1.82, 2.24) is 14.8 Å². The lowest BCUT2D eigenvalue weighted by molar-refractivity contribution is 0.625. The molecule has 0 amide bonds. The predicted molar refractivity (Wildman–Crippen MR) is 116 cm³/mol. The first kappa shape index (κ1) is 17.4. The monoisotopic (exact) mass is 385 g/mol. The number of aromatic nitrogens is 3. The van der Waals surface area contributed by atoms with Crippen LogP contribution in [0.25, 0.3) is 27.6 Å². The second-order valence-electron chi connectivity index (χ2n) is 8.00. The topological polar surface area (TPSA) is 30.7 Å². The van der Waals surface area contributed by atoms with Gasteiger partial charge in [0.05, 0.1) is 17.1 Å². The van der Waals surface area contributed by atoms with Crippen molar-refractivity contribution in [2.45, 2.75) is 33.6 Å². The Morgan fingerprint density at radius 1 is 1.07 bits per heavy atom. The fraction of sp³-hybridized carbons (Fsp3) is 0.250. The van der Waals surface area contributed by atoms with Gasteiger partial charge in [0.2, 0.25) is 5.13 Å². The third-order valence-corrected chi connectivity index (χ3v) is 6.14. The molecule has 3 nitrogen and oxygen atoms in total. The van der Waals surface area contributed by atoms with E-state index in [0.29, 0.717) is 5.92 Å². The molecule has 0 radical (unpaired) electrons. The van der Waals surface area contributed by atoms with Crippen molar-refractivity contribution < 1.29 is 0 Å². The van der Waals surface area contributed by atoms with E-state index in [-0.39, 0.29) is 0 Å². The average molecular weight is 386 g/mol. The highest BCUT2D eigenvalue weighted by atomic mass is 32.1. The van der Waals surface area contributed by atoms with Crippen LogP contribution in [-0.2, 0) is 12.8 Å². The lowest BCUT2D eigenvalue weighted by Crippen LogP contribution is -2.02. The molecule has 0 spiro atoms. The summed E-state index contributed by atoms with van der Waals surface area (Å²) in [7, 11) is 0. The van der Waals surface area contributed by atoms with Gasteiger partial charge in [-0.3, -0.25) is 0 Å². The van der Waals surface area contributed by atoms with Crippen LogP contribution in [0.15, 0.2) is 53.9 Å². The summed E-state index contributed by atoms with van der Waals surface area (Å²) < 4.78 is 2.08. The lowest BCUT2D eigenvalue weighted by atomic mass is 10.0. The zero-order valence-corrected chi connectivity index (χ0v) is 17.3. The SMILES string of the molecule is Cc1ccc(-c2csc(-n3nc(CC(C)C)c4c3-c3ccccc3C4)n2)cc1. The van der Waals surface area contributed by atoms with Crippen LogP contribution in [-0.4, -0.2) is 14.8 Å². The number of aryl methyl sites for hydroxylation is 1. The highest BCUT2D eigenvalue weighted by Gasteiger charge is 2.29. The molecule has 0 bridgehead atoms. The van der Waals surface area contributed by atoms with E-state index < -0.39 is 0 Å². The van der Waals surface area contributed by atoms with Crippen LogP contribution in [0.2, 0.25) is 0 Å². The van der Waals surface area contributed by atoms with Crippen molar-refractivity contribution in [2.24, 2.45) is 5.92 Å². The standard InChI is InChI=1S/C24H23N3S/c1-15(2)12-21-20-13-18-6-4-5-7-19(18)23(20)27(26-21)24-25-22(14-28-24)17-10-8-16(3)9-11-17/h4-11,14-15H,12-13H2,1-3H3. The number of hydrogen-bond acceptors (Lipinski definition) is 3. The normalized spacial score (nSPS) is 12.4. The molecular weight excluding hydrogens is 362 g/mol. The molecule has 0 unspecified atom stereocenters. The molecule has 0 saturated heterocycles. The molecular formula is C24H23N3S. The smallest absolute Gasteiger partial charge is 0.211 e. The van der Waals surface area contributed by atoms with Crippen LogP contribution in [0.3, 0.4) is 0 Å². The highest BCUT2D eigenvalue weighted by Crippen LogP contribution is 2.41. The number of nitrogens with zero attached hydrogens (tertiary/aromatic N) is 3. The first-order valence-corrected chi connectivity index (χ1v) is 10.7. The summed E-state index contributed by atoms with van der Waals surface area (Å²) >= 11 is 1.66. The minimum Gasteiger partial charge on any atom is -0.218 e. The highest BCUT2D eigenvalue weighted by molar-refractivity contribution is 7.12. The maximum atomic E-state index is 5.03. The van der Waals surface area contributed by atoms with Crippen molar-refractivity contribution in [3.05, 3.63) is 76.3 Å². The molecule has 4 aromatic rings. The first-order chi connectivity index (χ1) is 13.6. The summed E-state index contributed by atoms with van der Waals surface area (Å²) in [4.78, 5) is 4.94. The molecule has 0 atom stereocenters. The van der Waals surface area contributed by atoms with Crippen LogP contribution in [0, 0.1) is 12.8 Å². The number of benzene rings is 2. The van der Waals surface area contributed by atoms with Gasteiger partial charge in [0, 0.05) is 28.5 Å². The molecule has 5 rings (SSSR count). The van der Waals surface area contributed by atoms with Gasteiger partial charge >= 0.3 is 0 Å². The maximum Gasteiger partial charge on any atom is 0.211 e. The number of rotatable bonds is 4. The fourth-order valence-corrected chi connectivity index (χ4v) is 4.75. The first-order valence-electron chi connectivity index (χ1n) is 9.82. The summed E-state index contributed by atoms with van der Waals surface area (Å²) in [5.41, 5.74) is 9.95. The minimum atomic E-state index is 0.579. The van der Waals surface area contributed by atoms with Crippen LogP contribution >= 0.6 is 11.3 Å². The molecule has 1 aliphatic rings. The molecule has 2 heterocycles. The summed E-state index contributed by atoms with van der Waals surface area (Å²) in [5, 5.41) is 8.11. The van der Waals surface area contributed by atoms with Crippen molar-refractivity contribution in [3.8, 4) is 27.6 Å². The molecule has 28 heavy (non-hydrogen) atoms. The third kappa shape index (κ3) is 2.89. The van der Waals surface area contributed by atoms with Crippen LogP contribution < -0.4 is 0 Å². The van der Waals surface area contributed by atoms with E-state index in [0.717, 1.165) is 29.2 Å². The Kier molecular flexibility index (Phi) is 4.17. The molecule has 140 valence electrons. The van der Waals surface area contributed by atoms with E-state index >= 15 is 0 Å². The van der Waals surface area contributed by atoms with Gasteiger partial charge in [-0.2, -0.15) is 5.10 Å². The maximum absolute atomic E-state index is 5.03. The van der Waals surface area contributed by atoms with Gasteiger partial charge in [-0.1, -0.05) is 67.9 Å². The Morgan fingerprint density at radius 3 is 2.64 bits per heavy atom. The largest absolute Gasteiger partial charge is 0.218 e. The Hall–Kier alpha value is -2.72. The van der Waals surface area contributed by atoms with Crippen LogP contribution in [0.1, 0.15) is 36.2 Å². The zero-order chi connectivity index (χ0) is 19.3. The predicted octanol–water partition coefficient (Wildman–Crippen LogP) is 6.07. The summed E-state index contributed by atoms with van der Waals surface area (Å²) in [6.45, 7) is 6.62. The van der Waals surface area contributed by atoms with Gasteiger partial charge in [-0.05, 0) is 24.8 Å². The van der Waals surface area contributed by atoms with E-state index in [4.69, 9.17) is 10.1 Å². The van der Waals surface area contributed by atoms with E-state index in [2.05, 4.69) is 79.4 Å². The molecule has 1 aliphatic carbocycles. The van der Waals surface area contributed by atoms with Gasteiger partial charge in [0.25, 0.3) is 0 Å². The van der Waals surface area contributed by atoms with Crippen LogP contribution in [0.5, 0.6) is 0 Å². The van der Waals surface area contributed by atoms with Gasteiger partial charge in [-0.25, -0.2) is 9.67 Å². The quantitative estimate of drug-likeness (QED) is 0.376. The molecule has 0 aliphatic heterocycles. The Morgan fingerprint density at radius 2 is 1.86 bits per heavy atom. The lowest BCUT2D eigenvalue weighted by Gasteiger charge is -2.05. The number of fused-ring (bicyclic) bond motifs is 3. The molecule has 0 saturated carbocycles. The summed E-state index contributed by atoms with van der Waals surface area (Å²) in [6.07, 6.45) is 1.98. The number of hydrogen-bond donors (Lipinski definition) is 0. The molecule has 0 fully saturated rings. The van der Waals surface area contributed by atoms with Crippen molar-refractivity contribution in [1.29, 1.82) is 0 Å².